The average Bonchev–Trinajstić information content (AvgIpc) is 3.55. The third-order valence-corrected chi connectivity index (χ3v) is 6.39. The largest absolute Gasteiger partial charge is 0.411 e. The second kappa shape index (κ2) is 10.2. The Labute approximate surface area is 214 Å². The van der Waals surface area contributed by atoms with Crippen LogP contribution in [0.15, 0.2) is 81.5 Å². The van der Waals surface area contributed by atoms with E-state index in [-0.39, 0.29) is 16.9 Å². The molecule has 0 unspecified atom stereocenters. The number of aromatic amines is 1. The number of carbonyl (C=O) groups excluding carboxylic acids is 1. The van der Waals surface area contributed by atoms with Crippen molar-refractivity contribution in [1.29, 1.82) is 0 Å². The maximum absolute atomic E-state index is 12.3. The number of oxime groups is 1. The van der Waals surface area contributed by atoms with Crippen molar-refractivity contribution in [3.05, 3.63) is 77.3 Å². The molecule has 0 aliphatic rings. The Kier molecular flexibility index (Phi) is 6.70. The molecule has 0 bridgehead atoms. The van der Waals surface area contributed by atoms with Crippen LogP contribution in [-0.2, 0) is 4.79 Å². The van der Waals surface area contributed by atoms with Crippen LogP contribution in [-0.4, -0.2) is 42.7 Å². The molecule has 36 heavy (non-hydrogen) atoms. The molecule has 0 aliphatic carbocycles. The number of thioether (sulfide) groups is 1. The van der Waals surface area contributed by atoms with Gasteiger partial charge in [0, 0.05) is 21.8 Å². The van der Waals surface area contributed by atoms with Crippen molar-refractivity contribution in [3.8, 4) is 22.8 Å². The SMILES string of the molecule is C/C(=N/O)c1ccc(NC(=O)CSc2nnc(-c3ccc4nc(-c5ccc(Cl)cc5)[nH]c4c3)o2)cc1. The molecule has 0 radical (unpaired) electrons. The van der Waals surface area contributed by atoms with Gasteiger partial charge in [-0.15, -0.1) is 10.2 Å². The number of amides is 1. The van der Waals surface area contributed by atoms with Crippen molar-refractivity contribution in [2.24, 2.45) is 5.16 Å². The highest BCUT2D eigenvalue weighted by Gasteiger charge is 2.14. The molecule has 3 N–H and O–H groups in total. The van der Waals surface area contributed by atoms with Crippen LogP contribution < -0.4 is 5.32 Å². The first-order chi connectivity index (χ1) is 17.5. The Balaban J connectivity index is 1.22. The van der Waals surface area contributed by atoms with E-state index < -0.39 is 0 Å². The molecule has 1 amide bonds. The van der Waals surface area contributed by atoms with Gasteiger partial charge in [0.05, 0.1) is 22.5 Å². The maximum Gasteiger partial charge on any atom is 0.277 e. The Hall–Kier alpha value is -4.15. The number of rotatable bonds is 7. The second-order valence-electron chi connectivity index (χ2n) is 7.80. The van der Waals surface area contributed by atoms with Gasteiger partial charge in [-0.2, -0.15) is 0 Å². The molecule has 2 aromatic heterocycles. The van der Waals surface area contributed by atoms with Gasteiger partial charge >= 0.3 is 0 Å². The quantitative estimate of drug-likeness (QED) is 0.106. The van der Waals surface area contributed by atoms with Gasteiger partial charge in [0.25, 0.3) is 5.22 Å². The molecule has 11 heteroatoms. The minimum atomic E-state index is -0.214. The number of halogens is 1. The highest BCUT2D eigenvalue weighted by molar-refractivity contribution is 7.99. The highest BCUT2D eigenvalue weighted by atomic mass is 35.5. The number of carbonyl (C=O) groups is 1. The monoisotopic (exact) mass is 518 g/mol. The van der Waals surface area contributed by atoms with Crippen molar-refractivity contribution < 1.29 is 14.4 Å². The van der Waals surface area contributed by atoms with Crippen LogP contribution in [0.5, 0.6) is 0 Å². The van der Waals surface area contributed by atoms with Crippen LogP contribution in [0.25, 0.3) is 33.9 Å². The van der Waals surface area contributed by atoms with Gasteiger partial charge in [-0.1, -0.05) is 40.7 Å². The van der Waals surface area contributed by atoms with Gasteiger partial charge < -0.3 is 19.9 Å². The van der Waals surface area contributed by atoms with E-state index >= 15 is 0 Å². The summed E-state index contributed by atoms with van der Waals surface area (Å²) in [5, 5.41) is 23.9. The number of hydrogen-bond donors (Lipinski definition) is 3. The lowest BCUT2D eigenvalue weighted by Gasteiger charge is -2.05. The smallest absolute Gasteiger partial charge is 0.277 e. The van der Waals surface area contributed by atoms with E-state index in [0.717, 1.165) is 45.3 Å². The molecule has 180 valence electrons. The molecule has 3 aromatic carbocycles. The summed E-state index contributed by atoms with van der Waals surface area (Å²) in [6.07, 6.45) is 0. The van der Waals surface area contributed by atoms with Crippen molar-refractivity contribution in [1.82, 2.24) is 20.2 Å². The molecular weight excluding hydrogens is 500 g/mol. The zero-order valence-electron chi connectivity index (χ0n) is 18.9. The van der Waals surface area contributed by atoms with Gasteiger partial charge in [0.1, 0.15) is 5.82 Å². The number of fused-ring (bicyclic) bond motifs is 1. The molecule has 0 spiro atoms. The summed E-state index contributed by atoms with van der Waals surface area (Å²) < 4.78 is 5.75. The molecule has 5 rings (SSSR count). The molecule has 2 heterocycles. The maximum atomic E-state index is 12.3. The molecule has 0 aliphatic heterocycles. The van der Waals surface area contributed by atoms with Crippen LogP contribution >= 0.6 is 23.4 Å². The number of benzene rings is 3. The first-order valence-electron chi connectivity index (χ1n) is 10.8. The van der Waals surface area contributed by atoms with Gasteiger partial charge in [0.2, 0.25) is 11.8 Å². The van der Waals surface area contributed by atoms with E-state index in [9.17, 15) is 4.79 Å². The number of hydrogen-bond acceptors (Lipinski definition) is 8. The third kappa shape index (κ3) is 5.24. The summed E-state index contributed by atoms with van der Waals surface area (Å²) in [6, 6.07) is 20.1. The number of nitrogens with one attached hydrogen (secondary N) is 2. The topological polar surface area (TPSA) is 129 Å². The number of anilines is 1. The summed E-state index contributed by atoms with van der Waals surface area (Å²) in [7, 11) is 0. The van der Waals surface area contributed by atoms with E-state index in [1.807, 2.05) is 42.5 Å². The van der Waals surface area contributed by atoms with Crippen LogP contribution in [0.3, 0.4) is 0 Å². The Morgan fingerprint density at radius 3 is 2.58 bits per heavy atom. The minimum absolute atomic E-state index is 0.102. The van der Waals surface area contributed by atoms with Gasteiger partial charge in [-0.25, -0.2) is 4.98 Å². The lowest BCUT2D eigenvalue weighted by molar-refractivity contribution is -0.113. The van der Waals surface area contributed by atoms with Crippen LogP contribution in [0.2, 0.25) is 5.02 Å². The zero-order valence-corrected chi connectivity index (χ0v) is 20.5. The van der Waals surface area contributed by atoms with Crippen molar-refractivity contribution in [3.63, 3.8) is 0 Å². The normalized spacial score (nSPS) is 11.7. The fraction of sp³-hybridized carbons (Fsp3) is 0.0800. The molecule has 0 atom stereocenters. The summed E-state index contributed by atoms with van der Waals surface area (Å²) in [5.41, 5.74) is 5.18. The van der Waals surface area contributed by atoms with Gasteiger partial charge in [0.15, 0.2) is 0 Å². The van der Waals surface area contributed by atoms with Crippen LogP contribution in [0.1, 0.15) is 12.5 Å². The lowest BCUT2D eigenvalue weighted by atomic mass is 10.1. The molecule has 9 nitrogen and oxygen atoms in total. The molecule has 0 saturated heterocycles. The number of imidazole rings is 1. The van der Waals surface area contributed by atoms with Crippen molar-refractivity contribution in [2.75, 3.05) is 11.1 Å². The van der Waals surface area contributed by atoms with E-state index in [0.29, 0.717) is 22.3 Å². The van der Waals surface area contributed by atoms with E-state index in [1.54, 1.807) is 31.2 Å². The second-order valence-corrected chi connectivity index (χ2v) is 9.16. The first-order valence-corrected chi connectivity index (χ1v) is 12.2. The van der Waals surface area contributed by atoms with E-state index in [4.69, 9.17) is 21.2 Å². The fourth-order valence-corrected chi connectivity index (χ4v) is 4.14. The standard InChI is InChI=1S/C25H19ClN6O3S/c1-14(32-34)15-4-9-19(10-5-15)27-22(33)13-36-25-31-30-24(35-25)17-6-11-20-21(12-17)29-23(28-20)16-2-7-18(26)8-3-16/h2-12,34H,13H2,1H3,(H,27,33)(H,28,29)/b32-14-. The molecular formula is C25H19ClN6O3S. The van der Waals surface area contributed by atoms with Crippen LogP contribution in [0.4, 0.5) is 5.69 Å². The summed E-state index contributed by atoms with van der Waals surface area (Å²) in [6.45, 7) is 1.69. The van der Waals surface area contributed by atoms with Crippen molar-refractivity contribution in [2.45, 2.75) is 12.1 Å². The third-order valence-electron chi connectivity index (χ3n) is 5.32. The zero-order chi connectivity index (χ0) is 25.1. The van der Waals surface area contributed by atoms with Crippen molar-refractivity contribution >= 4 is 51.7 Å². The van der Waals surface area contributed by atoms with Gasteiger partial charge in [-0.3, -0.25) is 4.79 Å². The minimum Gasteiger partial charge on any atom is -0.411 e. The predicted molar refractivity (Wildman–Crippen MR) is 140 cm³/mol. The number of aromatic nitrogens is 4. The van der Waals surface area contributed by atoms with Gasteiger partial charge in [-0.05, 0) is 67.1 Å². The van der Waals surface area contributed by atoms with Crippen LogP contribution in [0, 0.1) is 0 Å². The summed E-state index contributed by atoms with van der Waals surface area (Å²) in [4.78, 5) is 20.2. The number of nitrogens with zero attached hydrogens (tertiary/aromatic N) is 4. The number of H-pyrrole nitrogens is 1. The first kappa shape index (κ1) is 23.6. The fourth-order valence-electron chi connectivity index (χ4n) is 3.45. The average molecular weight is 519 g/mol. The molecule has 0 saturated carbocycles. The Morgan fingerprint density at radius 2 is 1.83 bits per heavy atom. The summed E-state index contributed by atoms with van der Waals surface area (Å²) in [5.74, 6) is 0.968. The Bertz CT molecular complexity index is 1560. The summed E-state index contributed by atoms with van der Waals surface area (Å²) >= 11 is 7.12. The molecule has 0 fully saturated rings. The molecule has 5 aromatic rings. The predicted octanol–water partition coefficient (Wildman–Crippen LogP) is 5.86. The lowest BCUT2D eigenvalue weighted by Crippen LogP contribution is -2.14. The van der Waals surface area contributed by atoms with E-state index in [2.05, 4.69) is 30.6 Å². The Morgan fingerprint density at radius 1 is 1.08 bits per heavy atom. The van der Waals surface area contributed by atoms with E-state index in [1.165, 1.54) is 0 Å². The highest BCUT2D eigenvalue weighted by Crippen LogP contribution is 2.28.